The molecule has 7 heteroatoms. The Labute approximate surface area is 169 Å². The van der Waals surface area contributed by atoms with Crippen molar-refractivity contribution in [3.05, 3.63) is 69.5 Å². The monoisotopic (exact) mass is 412 g/mol. The van der Waals surface area contributed by atoms with Crippen molar-refractivity contribution >= 4 is 32.3 Å². The van der Waals surface area contributed by atoms with Gasteiger partial charge in [0.1, 0.15) is 0 Å². The van der Waals surface area contributed by atoms with Crippen LogP contribution in [0.25, 0.3) is 10.9 Å². The summed E-state index contributed by atoms with van der Waals surface area (Å²) in [7, 11) is -3.33. The average Bonchev–Trinajstić information content (AvgIpc) is 2.66. The maximum Gasteiger partial charge on any atom is 0.251 e. The molecule has 2 aromatic carbocycles. The summed E-state index contributed by atoms with van der Waals surface area (Å²) in [5, 5.41) is 3.26. The largest absolute Gasteiger partial charge is 0.326 e. The Kier molecular flexibility index (Phi) is 5.61. The van der Waals surface area contributed by atoms with Crippen LogP contribution in [0.1, 0.15) is 30.5 Å². The van der Waals surface area contributed by atoms with E-state index in [-0.39, 0.29) is 22.8 Å². The quantitative estimate of drug-likeness (QED) is 0.670. The number of fused-ring (bicyclic) bond motifs is 1. The van der Waals surface area contributed by atoms with Crippen LogP contribution in [0.3, 0.4) is 0 Å². The number of nitrogens with one attached hydrogen (secondary N) is 2. The number of pyridine rings is 1. The lowest BCUT2D eigenvalue weighted by atomic mass is 10.1. The summed E-state index contributed by atoms with van der Waals surface area (Å²) in [6, 6.07) is 11.8. The van der Waals surface area contributed by atoms with Gasteiger partial charge in [-0.2, -0.15) is 0 Å². The molecule has 0 fully saturated rings. The van der Waals surface area contributed by atoms with E-state index in [2.05, 4.69) is 10.3 Å². The van der Waals surface area contributed by atoms with E-state index in [0.29, 0.717) is 22.3 Å². The third kappa shape index (κ3) is 4.24. The first-order valence-electron chi connectivity index (χ1n) is 9.35. The molecule has 29 heavy (non-hydrogen) atoms. The summed E-state index contributed by atoms with van der Waals surface area (Å²) in [6.07, 6.45) is 0.115. The molecule has 0 saturated heterocycles. The Bertz CT molecular complexity index is 1240. The lowest BCUT2D eigenvalue weighted by molar-refractivity contribution is -0.115. The second-order valence-corrected chi connectivity index (χ2v) is 9.93. The summed E-state index contributed by atoms with van der Waals surface area (Å²) in [4.78, 5) is 27.5. The Morgan fingerprint density at radius 1 is 1.03 bits per heavy atom. The molecular weight excluding hydrogens is 388 g/mol. The fraction of sp³-hybridized carbons (Fsp3) is 0.273. The van der Waals surface area contributed by atoms with Crippen LogP contribution in [-0.2, 0) is 21.1 Å². The molecule has 3 rings (SSSR count). The lowest BCUT2D eigenvalue weighted by Gasteiger charge is -2.10. The van der Waals surface area contributed by atoms with E-state index in [9.17, 15) is 18.0 Å². The number of hydrogen-bond acceptors (Lipinski definition) is 4. The summed E-state index contributed by atoms with van der Waals surface area (Å²) in [6.45, 7) is 6.95. The van der Waals surface area contributed by atoms with Gasteiger partial charge < -0.3 is 10.3 Å². The highest BCUT2D eigenvalue weighted by Crippen LogP contribution is 2.21. The highest BCUT2D eigenvalue weighted by atomic mass is 32.2. The van der Waals surface area contributed by atoms with Crippen molar-refractivity contribution in [2.45, 2.75) is 44.3 Å². The molecule has 2 N–H and O–H groups in total. The molecule has 0 saturated carbocycles. The van der Waals surface area contributed by atoms with Crippen LogP contribution in [0.5, 0.6) is 0 Å². The molecule has 0 atom stereocenters. The predicted molar refractivity (Wildman–Crippen MR) is 115 cm³/mol. The van der Waals surface area contributed by atoms with Crippen molar-refractivity contribution in [1.82, 2.24) is 4.98 Å². The van der Waals surface area contributed by atoms with Crippen LogP contribution in [0.15, 0.2) is 52.2 Å². The van der Waals surface area contributed by atoms with Gasteiger partial charge in [0.25, 0.3) is 5.56 Å². The van der Waals surface area contributed by atoms with Gasteiger partial charge in [-0.25, -0.2) is 8.42 Å². The first kappa shape index (κ1) is 20.8. The predicted octanol–water partition coefficient (Wildman–Crippen LogP) is 3.51. The standard InChI is InChI=1S/C22H24N2O4S/c1-13(2)29(27,28)18-8-5-16(6-9-18)11-21(25)23-17-7-10-19-14(3)15(4)22(26)24-20(19)12-17/h5-10,12-13H,11H2,1-4H3,(H,23,25)(H,24,26). The van der Waals surface area contributed by atoms with E-state index in [1.165, 1.54) is 12.1 Å². The third-order valence-electron chi connectivity index (χ3n) is 5.10. The molecular formula is C22H24N2O4S. The third-order valence-corrected chi connectivity index (χ3v) is 7.27. The number of carbonyl (C=O) groups excluding carboxylic acids is 1. The summed E-state index contributed by atoms with van der Waals surface area (Å²) >= 11 is 0. The highest BCUT2D eigenvalue weighted by Gasteiger charge is 2.19. The number of aromatic nitrogens is 1. The van der Waals surface area contributed by atoms with Crippen molar-refractivity contribution in [2.75, 3.05) is 5.32 Å². The number of aromatic amines is 1. The summed E-state index contributed by atoms with van der Waals surface area (Å²) in [5.41, 5.74) is 3.41. The minimum Gasteiger partial charge on any atom is -0.326 e. The van der Waals surface area contributed by atoms with Gasteiger partial charge in [0.2, 0.25) is 5.91 Å². The molecule has 0 radical (unpaired) electrons. The number of benzene rings is 2. The maximum atomic E-state index is 12.4. The van der Waals surface area contributed by atoms with Crippen molar-refractivity contribution < 1.29 is 13.2 Å². The Hall–Kier alpha value is -2.93. The first-order chi connectivity index (χ1) is 13.6. The number of carbonyl (C=O) groups is 1. The van der Waals surface area contributed by atoms with Crippen LogP contribution in [-0.4, -0.2) is 24.6 Å². The van der Waals surface area contributed by atoms with Crippen molar-refractivity contribution in [1.29, 1.82) is 0 Å². The van der Waals surface area contributed by atoms with E-state index in [4.69, 9.17) is 0 Å². The minimum absolute atomic E-state index is 0.115. The number of sulfone groups is 1. The molecule has 1 heterocycles. The zero-order valence-electron chi connectivity index (χ0n) is 16.9. The Balaban J connectivity index is 1.76. The van der Waals surface area contributed by atoms with Crippen molar-refractivity contribution in [2.24, 2.45) is 0 Å². The van der Waals surface area contributed by atoms with Crippen LogP contribution in [0.2, 0.25) is 0 Å². The van der Waals surface area contributed by atoms with Gasteiger partial charge in [-0.15, -0.1) is 0 Å². The molecule has 0 aliphatic heterocycles. The second-order valence-electron chi connectivity index (χ2n) is 7.43. The molecule has 152 valence electrons. The fourth-order valence-corrected chi connectivity index (χ4v) is 4.16. The molecule has 0 aliphatic rings. The van der Waals surface area contributed by atoms with Crippen LogP contribution in [0.4, 0.5) is 5.69 Å². The van der Waals surface area contributed by atoms with Gasteiger partial charge in [-0.1, -0.05) is 18.2 Å². The normalized spacial score (nSPS) is 11.8. The van der Waals surface area contributed by atoms with Gasteiger partial charge in [-0.05, 0) is 63.1 Å². The maximum absolute atomic E-state index is 12.4. The molecule has 0 bridgehead atoms. The molecule has 0 aliphatic carbocycles. The Morgan fingerprint density at radius 2 is 1.69 bits per heavy atom. The first-order valence-corrected chi connectivity index (χ1v) is 10.9. The van der Waals surface area contributed by atoms with E-state index < -0.39 is 15.1 Å². The SMILES string of the molecule is Cc1c(C)c2ccc(NC(=O)Cc3ccc(S(=O)(=O)C(C)C)cc3)cc2[nH]c1=O. The van der Waals surface area contributed by atoms with Crippen molar-refractivity contribution in [3.63, 3.8) is 0 Å². The van der Waals surface area contributed by atoms with E-state index >= 15 is 0 Å². The average molecular weight is 413 g/mol. The molecule has 1 aromatic heterocycles. The smallest absolute Gasteiger partial charge is 0.251 e. The lowest BCUT2D eigenvalue weighted by Crippen LogP contribution is -2.16. The number of H-pyrrole nitrogens is 1. The number of anilines is 1. The number of hydrogen-bond donors (Lipinski definition) is 2. The second kappa shape index (κ2) is 7.83. The van der Waals surface area contributed by atoms with Gasteiger partial charge in [0, 0.05) is 16.6 Å². The number of rotatable bonds is 5. The van der Waals surface area contributed by atoms with Crippen molar-refractivity contribution in [3.8, 4) is 0 Å². The van der Waals surface area contributed by atoms with E-state index in [1.54, 1.807) is 45.0 Å². The Morgan fingerprint density at radius 3 is 2.31 bits per heavy atom. The van der Waals surface area contributed by atoms with Crippen LogP contribution in [0, 0.1) is 13.8 Å². The summed E-state index contributed by atoms with van der Waals surface area (Å²) < 4.78 is 24.4. The number of aryl methyl sites for hydroxylation is 1. The summed E-state index contributed by atoms with van der Waals surface area (Å²) in [5.74, 6) is -0.227. The molecule has 0 spiro atoms. The van der Waals surface area contributed by atoms with Gasteiger partial charge in [0.15, 0.2) is 9.84 Å². The highest BCUT2D eigenvalue weighted by molar-refractivity contribution is 7.92. The molecule has 1 amide bonds. The molecule has 0 unspecified atom stereocenters. The fourth-order valence-electron chi connectivity index (χ4n) is 3.10. The van der Waals surface area contributed by atoms with E-state index in [0.717, 1.165) is 10.9 Å². The van der Waals surface area contributed by atoms with Crippen LogP contribution >= 0.6 is 0 Å². The van der Waals surface area contributed by atoms with Gasteiger partial charge in [0.05, 0.1) is 22.1 Å². The zero-order valence-corrected chi connectivity index (χ0v) is 17.7. The number of amides is 1. The minimum atomic E-state index is -3.33. The zero-order chi connectivity index (χ0) is 21.3. The van der Waals surface area contributed by atoms with Gasteiger partial charge in [-0.3, -0.25) is 9.59 Å². The van der Waals surface area contributed by atoms with Gasteiger partial charge >= 0.3 is 0 Å². The van der Waals surface area contributed by atoms with E-state index in [1.807, 2.05) is 13.0 Å². The topological polar surface area (TPSA) is 96.1 Å². The molecule has 6 nitrogen and oxygen atoms in total. The van der Waals surface area contributed by atoms with Crippen LogP contribution < -0.4 is 10.9 Å². The molecule has 3 aromatic rings.